The number of nitrogens with zero attached hydrogens (tertiary/aromatic N) is 3. The van der Waals surface area contributed by atoms with Crippen LogP contribution >= 0.6 is 0 Å². The van der Waals surface area contributed by atoms with E-state index in [1.165, 1.54) is 32.1 Å². The number of benzene rings is 1. The second-order valence-corrected chi connectivity index (χ2v) is 6.36. The van der Waals surface area contributed by atoms with Gasteiger partial charge >= 0.3 is 0 Å². The Hall–Kier alpha value is -2.69. The maximum Gasteiger partial charge on any atom is 0.181 e. The number of hydrogen-bond donors (Lipinski definition) is 1. The first-order valence-corrected chi connectivity index (χ1v) is 9.44. The molecule has 0 unspecified atom stereocenters. The molecule has 5 nitrogen and oxygen atoms in total. The van der Waals surface area contributed by atoms with Crippen LogP contribution in [0.5, 0.6) is 5.75 Å². The van der Waals surface area contributed by atoms with Gasteiger partial charge in [0, 0.05) is 11.8 Å². The van der Waals surface area contributed by atoms with E-state index >= 15 is 0 Å². The van der Waals surface area contributed by atoms with E-state index in [0.29, 0.717) is 11.6 Å². The lowest BCUT2D eigenvalue weighted by molar-refractivity contribution is 0.304. The highest BCUT2D eigenvalue weighted by molar-refractivity contribution is 5.59. The third-order valence-corrected chi connectivity index (χ3v) is 4.27. The van der Waals surface area contributed by atoms with Crippen LogP contribution in [0.1, 0.15) is 45.4 Å². The Balaban J connectivity index is 1.49. The minimum Gasteiger partial charge on any atom is -0.494 e. The fraction of sp³-hybridized carbons (Fsp3) is 0.381. The summed E-state index contributed by atoms with van der Waals surface area (Å²) >= 11 is 0. The number of nitrogens with one attached hydrogen (secondary N) is 1. The van der Waals surface area contributed by atoms with Crippen molar-refractivity contribution in [2.45, 2.75) is 45.4 Å². The molecule has 26 heavy (non-hydrogen) atoms. The minimum atomic E-state index is 0.660. The van der Waals surface area contributed by atoms with E-state index in [9.17, 15) is 0 Å². The number of rotatable bonds is 10. The Bertz CT molecular complexity index is 768. The van der Waals surface area contributed by atoms with Crippen molar-refractivity contribution in [3.05, 3.63) is 48.7 Å². The molecule has 0 saturated heterocycles. The summed E-state index contributed by atoms with van der Waals surface area (Å²) in [5.74, 6) is 2.22. The molecule has 0 amide bonds. The number of ether oxygens (including phenoxy) is 1. The summed E-state index contributed by atoms with van der Waals surface area (Å²) in [6, 6.07) is 13.6. The molecule has 0 aliphatic carbocycles. The van der Waals surface area contributed by atoms with Gasteiger partial charge in [-0.25, -0.2) is 4.98 Å². The van der Waals surface area contributed by atoms with Crippen LogP contribution in [-0.2, 0) is 0 Å². The quantitative estimate of drug-likeness (QED) is 0.506. The first kappa shape index (κ1) is 18.1. The van der Waals surface area contributed by atoms with Crippen molar-refractivity contribution in [2.24, 2.45) is 0 Å². The number of H-pyrrole nitrogens is 1. The fourth-order valence-corrected chi connectivity index (χ4v) is 2.78. The Labute approximate surface area is 154 Å². The Morgan fingerprint density at radius 3 is 2.50 bits per heavy atom. The first-order valence-electron chi connectivity index (χ1n) is 9.44. The molecule has 1 aromatic carbocycles. The molecule has 0 bridgehead atoms. The van der Waals surface area contributed by atoms with Crippen molar-refractivity contribution in [1.29, 1.82) is 0 Å². The maximum atomic E-state index is 5.82. The molecule has 2 heterocycles. The topological polar surface area (TPSA) is 63.7 Å². The standard InChI is InChI=1S/C21H26N4O/c1-2-3-4-5-6-9-16-26-18-13-11-17(12-14-18)20-23-21(25-24-20)19-10-7-8-15-22-19/h7-8,10-15H,2-6,9,16H2,1H3,(H,23,24,25). The highest BCUT2D eigenvalue weighted by Crippen LogP contribution is 2.21. The molecule has 1 N–H and O–H groups in total. The van der Waals surface area contributed by atoms with Gasteiger partial charge in [-0.2, -0.15) is 5.10 Å². The van der Waals surface area contributed by atoms with Crippen molar-refractivity contribution >= 4 is 0 Å². The van der Waals surface area contributed by atoms with Gasteiger partial charge in [-0.1, -0.05) is 45.1 Å². The maximum absolute atomic E-state index is 5.82. The van der Waals surface area contributed by atoms with Gasteiger partial charge in [-0.15, -0.1) is 0 Å². The van der Waals surface area contributed by atoms with E-state index in [-0.39, 0.29) is 0 Å². The van der Waals surface area contributed by atoms with Crippen LogP contribution in [0.2, 0.25) is 0 Å². The zero-order valence-electron chi connectivity index (χ0n) is 15.3. The third kappa shape index (κ3) is 5.15. The van der Waals surface area contributed by atoms with Gasteiger partial charge in [-0.05, 0) is 42.8 Å². The number of hydrogen-bond acceptors (Lipinski definition) is 4. The third-order valence-electron chi connectivity index (χ3n) is 4.27. The van der Waals surface area contributed by atoms with Crippen molar-refractivity contribution in [3.8, 4) is 28.7 Å². The lowest BCUT2D eigenvalue weighted by Gasteiger charge is -2.06. The van der Waals surface area contributed by atoms with Crippen LogP contribution in [0.3, 0.4) is 0 Å². The van der Waals surface area contributed by atoms with Crippen LogP contribution < -0.4 is 4.74 Å². The van der Waals surface area contributed by atoms with Gasteiger partial charge in [0.05, 0.1) is 6.61 Å². The van der Waals surface area contributed by atoms with Gasteiger partial charge in [0.15, 0.2) is 11.6 Å². The van der Waals surface area contributed by atoms with Crippen LogP contribution in [0.4, 0.5) is 0 Å². The van der Waals surface area contributed by atoms with Crippen LogP contribution in [0.15, 0.2) is 48.7 Å². The van der Waals surface area contributed by atoms with E-state index in [4.69, 9.17) is 4.74 Å². The van der Waals surface area contributed by atoms with Crippen molar-refractivity contribution in [2.75, 3.05) is 6.61 Å². The van der Waals surface area contributed by atoms with Crippen LogP contribution in [0.25, 0.3) is 22.9 Å². The van der Waals surface area contributed by atoms with Crippen molar-refractivity contribution in [1.82, 2.24) is 20.2 Å². The molecule has 0 aliphatic heterocycles. The average Bonchev–Trinajstić information content (AvgIpc) is 3.19. The molecule has 0 aliphatic rings. The molecular formula is C21H26N4O. The minimum absolute atomic E-state index is 0.660. The van der Waals surface area contributed by atoms with E-state index in [1.54, 1.807) is 6.20 Å². The lowest BCUT2D eigenvalue weighted by atomic mass is 10.1. The molecule has 136 valence electrons. The molecule has 0 saturated carbocycles. The normalized spacial score (nSPS) is 10.8. The van der Waals surface area contributed by atoms with Crippen molar-refractivity contribution < 1.29 is 4.74 Å². The number of aromatic amines is 1. The summed E-state index contributed by atoms with van der Waals surface area (Å²) < 4.78 is 5.82. The van der Waals surface area contributed by atoms with Crippen LogP contribution in [0, 0.1) is 0 Å². The second-order valence-electron chi connectivity index (χ2n) is 6.36. The Morgan fingerprint density at radius 1 is 0.923 bits per heavy atom. The second kappa shape index (κ2) is 9.70. The van der Waals surface area contributed by atoms with Crippen molar-refractivity contribution in [3.63, 3.8) is 0 Å². The SMILES string of the molecule is CCCCCCCCOc1ccc(-c2n[nH]c(-c3ccccn3)n2)cc1. The Kier molecular flexibility index (Phi) is 6.76. The van der Waals surface area contributed by atoms with Gasteiger partial charge < -0.3 is 4.74 Å². The summed E-state index contributed by atoms with van der Waals surface area (Å²) in [4.78, 5) is 8.80. The monoisotopic (exact) mass is 350 g/mol. The van der Waals surface area contributed by atoms with E-state index in [0.717, 1.165) is 30.0 Å². The average molecular weight is 350 g/mol. The van der Waals surface area contributed by atoms with E-state index < -0.39 is 0 Å². The highest BCUT2D eigenvalue weighted by atomic mass is 16.5. The molecular weight excluding hydrogens is 324 g/mol. The van der Waals surface area contributed by atoms with E-state index in [1.807, 2.05) is 42.5 Å². The summed E-state index contributed by atoms with van der Waals surface area (Å²) in [6.45, 7) is 3.01. The molecule has 0 atom stereocenters. The summed E-state index contributed by atoms with van der Waals surface area (Å²) in [5.41, 5.74) is 1.74. The summed E-state index contributed by atoms with van der Waals surface area (Å²) in [7, 11) is 0. The fourth-order valence-electron chi connectivity index (χ4n) is 2.78. The molecule has 0 spiro atoms. The number of aromatic nitrogens is 4. The molecule has 2 aromatic heterocycles. The van der Waals surface area contributed by atoms with Gasteiger partial charge in [0.1, 0.15) is 11.4 Å². The highest BCUT2D eigenvalue weighted by Gasteiger charge is 2.08. The van der Waals surface area contributed by atoms with Gasteiger partial charge in [-0.3, -0.25) is 10.1 Å². The molecule has 0 radical (unpaired) electrons. The number of pyridine rings is 1. The largest absolute Gasteiger partial charge is 0.494 e. The summed E-state index contributed by atoms with van der Waals surface area (Å²) in [6.07, 6.45) is 9.36. The summed E-state index contributed by atoms with van der Waals surface area (Å²) in [5, 5.41) is 7.23. The van der Waals surface area contributed by atoms with E-state index in [2.05, 4.69) is 27.1 Å². The molecule has 3 rings (SSSR count). The lowest BCUT2D eigenvalue weighted by Crippen LogP contribution is -1.97. The predicted octanol–water partition coefficient (Wildman–Crippen LogP) is 5.27. The molecule has 0 fully saturated rings. The number of unbranched alkanes of at least 4 members (excludes halogenated alkanes) is 5. The predicted molar refractivity (Wildman–Crippen MR) is 104 cm³/mol. The Morgan fingerprint density at radius 2 is 1.73 bits per heavy atom. The van der Waals surface area contributed by atoms with Gasteiger partial charge in [0.2, 0.25) is 0 Å². The zero-order chi connectivity index (χ0) is 18.0. The zero-order valence-corrected chi connectivity index (χ0v) is 15.3. The molecule has 5 heteroatoms. The molecule has 3 aromatic rings. The first-order chi connectivity index (χ1) is 12.9. The van der Waals surface area contributed by atoms with Gasteiger partial charge in [0.25, 0.3) is 0 Å². The van der Waals surface area contributed by atoms with Crippen LogP contribution in [-0.4, -0.2) is 26.8 Å². The smallest absolute Gasteiger partial charge is 0.181 e.